The number of rotatable bonds is 6. The van der Waals surface area contributed by atoms with Crippen LogP contribution in [0.3, 0.4) is 0 Å². The Morgan fingerprint density at radius 2 is 1.85 bits per heavy atom. The second-order valence-corrected chi connectivity index (χ2v) is 7.44. The molecule has 4 aromatic rings. The molecule has 3 aromatic heterocycles. The minimum Gasteiger partial charge on any atom is -0.367 e. The molecule has 3 heterocycles. The van der Waals surface area contributed by atoms with Crippen LogP contribution in [0, 0.1) is 6.92 Å². The highest BCUT2D eigenvalue weighted by molar-refractivity contribution is 7.18. The van der Waals surface area contributed by atoms with E-state index in [1.165, 1.54) is 5.56 Å². The molecule has 0 bridgehead atoms. The predicted octanol–water partition coefficient (Wildman–Crippen LogP) is 4.04. The average Bonchev–Trinajstić information content (AvgIpc) is 3.08. The van der Waals surface area contributed by atoms with E-state index in [1.54, 1.807) is 23.7 Å². The van der Waals surface area contributed by atoms with Crippen molar-refractivity contribution < 1.29 is 0 Å². The van der Waals surface area contributed by atoms with E-state index in [1.807, 2.05) is 30.3 Å². The van der Waals surface area contributed by atoms with Gasteiger partial charge in [0.2, 0.25) is 0 Å². The third-order valence-corrected chi connectivity index (χ3v) is 5.50. The van der Waals surface area contributed by atoms with Crippen molar-refractivity contribution in [3.8, 4) is 11.4 Å². The lowest BCUT2D eigenvalue weighted by Gasteiger charge is -2.14. The zero-order valence-corrected chi connectivity index (χ0v) is 15.9. The second kappa shape index (κ2) is 7.82. The molecule has 0 amide bonds. The Kier molecular flexibility index (Phi) is 5.09. The standard InChI is InChI=1S/C21H21N5S/c1-14-13-27-19-18(14)25-20(16-7-9-23-10-8-16)26-21(19)24-12-17(22)11-15-5-3-2-4-6-15/h2-10,13,17H,11-12,22H2,1H3,(H,24,25,26)/t17-/m0/s1. The van der Waals surface area contributed by atoms with Gasteiger partial charge in [-0.1, -0.05) is 30.3 Å². The molecule has 0 aliphatic rings. The summed E-state index contributed by atoms with van der Waals surface area (Å²) < 4.78 is 1.07. The van der Waals surface area contributed by atoms with Crippen LogP contribution in [0.4, 0.5) is 5.82 Å². The lowest BCUT2D eigenvalue weighted by Crippen LogP contribution is -2.31. The summed E-state index contributed by atoms with van der Waals surface area (Å²) in [4.78, 5) is 13.6. The fraction of sp³-hybridized carbons (Fsp3) is 0.190. The molecule has 1 atom stereocenters. The van der Waals surface area contributed by atoms with Crippen molar-refractivity contribution in [2.45, 2.75) is 19.4 Å². The number of aromatic nitrogens is 3. The Morgan fingerprint density at radius 3 is 2.63 bits per heavy atom. The van der Waals surface area contributed by atoms with E-state index in [-0.39, 0.29) is 6.04 Å². The summed E-state index contributed by atoms with van der Waals surface area (Å²) in [5, 5.41) is 5.57. The van der Waals surface area contributed by atoms with Crippen LogP contribution in [0.5, 0.6) is 0 Å². The predicted molar refractivity (Wildman–Crippen MR) is 112 cm³/mol. The van der Waals surface area contributed by atoms with Gasteiger partial charge < -0.3 is 11.1 Å². The number of hydrogen-bond acceptors (Lipinski definition) is 6. The Morgan fingerprint density at radius 1 is 1.07 bits per heavy atom. The summed E-state index contributed by atoms with van der Waals surface area (Å²) in [5.41, 5.74) is 10.7. The lowest BCUT2D eigenvalue weighted by molar-refractivity contribution is 0.698. The van der Waals surface area contributed by atoms with Crippen LogP contribution >= 0.6 is 11.3 Å². The van der Waals surface area contributed by atoms with Gasteiger partial charge in [-0.25, -0.2) is 9.97 Å². The van der Waals surface area contributed by atoms with Crippen molar-refractivity contribution in [1.29, 1.82) is 0 Å². The Balaban J connectivity index is 1.59. The molecule has 6 heteroatoms. The maximum atomic E-state index is 6.34. The number of thiophene rings is 1. The van der Waals surface area contributed by atoms with Crippen LogP contribution in [0.25, 0.3) is 21.6 Å². The van der Waals surface area contributed by atoms with Crippen LogP contribution in [-0.4, -0.2) is 27.5 Å². The first-order valence-electron chi connectivity index (χ1n) is 8.90. The monoisotopic (exact) mass is 375 g/mol. The van der Waals surface area contributed by atoms with E-state index >= 15 is 0 Å². The van der Waals surface area contributed by atoms with Gasteiger partial charge in [0.05, 0.1) is 10.2 Å². The number of anilines is 1. The van der Waals surface area contributed by atoms with Crippen LogP contribution < -0.4 is 11.1 Å². The van der Waals surface area contributed by atoms with E-state index < -0.39 is 0 Å². The fourth-order valence-electron chi connectivity index (χ4n) is 3.00. The third kappa shape index (κ3) is 3.97. The average molecular weight is 376 g/mol. The third-order valence-electron chi connectivity index (χ3n) is 4.40. The van der Waals surface area contributed by atoms with E-state index in [9.17, 15) is 0 Å². The normalized spacial score (nSPS) is 12.2. The molecule has 1 aromatic carbocycles. The number of hydrogen-bond donors (Lipinski definition) is 2. The van der Waals surface area contributed by atoms with Crippen molar-refractivity contribution in [3.05, 3.63) is 71.4 Å². The number of benzene rings is 1. The minimum atomic E-state index is 0.00264. The lowest BCUT2D eigenvalue weighted by atomic mass is 10.1. The van der Waals surface area contributed by atoms with Gasteiger partial charge in [0.25, 0.3) is 0 Å². The van der Waals surface area contributed by atoms with E-state index in [4.69, 9.17) is 15.7 Å². The molecular weight excluding hydrogens is 354 g/mol. The SMILES string of the molecule is Cc1csc2c(NC[C@@H](N)Cc3ccccc3)nc(-c3ccncc3)nc12. The summed E-state index contributed by atoms with van der Waals surface area (Å²) in [7, 11) is 0. The van der Waals surface area contributed by atoms with Crippen molar-refractivity contribution in [1.82, 2.24) is 15.0 Å². The van der Waals surface area contributed by atoms with Crippen molar-refractivity contribution in [2.75, 3.05) is 11.9 Å². The van der Waals surface area contributed by atoms with Crippen molar-refractivity contribution >= 4 is 27.4 Å². The topological polar surface area (TPSA) is 76.7 Å². The highest BCUT2D eigenvalue weighted by atomic mass is 32.1. The maximum Gasteiger partial charge on any atom is 0.162 e. The number of nitrogens with one attached hydrogen (secondary N) is 1. The molecule has 3 N–H and O–H groups in total. The van der Waals surface area contributed by atoms with Gasteiger partial charge in [-0.15, -0.1) is 11.3 Å². The highest BCUT2D eigenvalue weighted by Gasteiger charge is 2.14. The number of fused-ring (bicyclic) bond motifs is 1. The molecule has 0 aliphatic heterocycles. The van der Waals surface area contributed by atoms with E-state index in [0.29, 0.717) is 12.4 Å². The molecule has 0 unspecified atom stereocenters. The van der Waals surface area contributed by atoms with Gasteiger partial charge in [0.1, 0.15) is 5.82 Å². The van der Waals surface area contributed by atoms with Crippen LogP contribution in [0.15, 0.2) is 60.2 Å². The van der Waals surface area contributed by atoms with Crippen LogP contribution in [-0.2, 0) is 6.42 Å². The molecule has 0 fully saturated rings. The van der Waals surface area contributed by atoms with Gasteiger partial charge in [-0.05, 0) is 42.0 Å². The quantitative estimate of drug-likeness (QED) is 0.532. The molecule has 0 saturated heterocycles. The minimum absolute atomic E-state index is 0.00264. The molecule has 5 nitrogen and oxygen atoms in total. The number of nitrogens with zero attached hydrogens (tertiary/aromatic N) is 3. The van der Waals surface area contributed by atoms with Crippen molar-refractivity contribution in [3.63, 3.8) is 0 Å². The largest absolute Gasteiger partial charge is 0.367 e. The number of aryl methyl sites for hydroxylation is 1. The molecule has 27 heavy (non-hydrogen) atoms. The Bertz CT molecular complexity index is 1030. The van der Waals surface area contributed by atoms with E-state index in [2.05, 4.69) is 34.7 Å². The summed E-state index contributed by atoms with van der Waals surface area (Å²) in [6.45, 7) is 2.72. The molecular formula is C21H21N5S. The molecule has 136 valence electrons. The number of nitrogens with two attached hydrogens (primary N) is 1. The summed E-state index contributed by atoms with van der Waals surface area (Å²) in [6, 6.07) is 14.2. The number of pyridine rings is 1. The molecule has 0 radical (unpaired) electrons. The Labute approximate surface area is 162 Å². The van der Waals surface area contributed by atoms with E-state index in [0.717, 1.165) is 33.6 Å². The second-order valence-electron chi connectivity index (χ2n) is 6.56. The van der Waals surface area contributed by atoms with Gasteiger partial charge in [-0.2, -0.15) is 0 Å². The first kappa shape index (κ1) is 17.6. The first-order chi connectivity index (χ1) is 13.2. The zero-order valence-electron chi connectivity index (χ0n) is 15.1. The molecule has 0 spiro atoms. The Hall–Kier alpha value is -2.83. The summed E-state index contributed by atoms with van der Waals surface area (Å²) in [6.07, 6.45) is 4.33. The summed E-state index contributed by atoms with van der Waals surface area (Å²) in [5.74, 6) is 1.54. The molecule has 4 rings (SSSR count). The van der Waals surface area contributed by atoms with Gasteiger partial charge in [-0.3, -0.25) is 4.98 Å². The highest BCUT2D eigenvalue weighted by Crippen LogP contribution is 2.31. The molecule has 0 saturated carbocycles. The smallest absolute Gasteiger partial charge is 0.162 e. The van der Waals surface area contributed by atoms with Crippen LogP contribution in [0.2, 0.25) is 0 Å². The first-order valence-corrected chi connectivity index (χ1v) is 9.78. The van der Waals surface area contributed by atoms with Crippen LogP contribution in [0.1, 0.15) is 11.1 Å². The fourth-order valence-corrected chi connectivity index (χ4v) is 3.95. The van der Waals surface area contributed by atoms with Gasteiger partial charge >= 0.3 is 0 Å². The van der Waals surface area contributed by atoms with Gasteiger partial charge in [0.15, 0.2) is 5.82 Å². The summed E-state index contributed by atoms with van der Waals surface area (Å²) >= 11 is 1.66. The van der Waals surface area contributed by atoms with Gasteiger partial charge in [0, 0.05) is 30.5 Å². The zero-order chi connectivity index (χ0) is 18.6. The maximum absolute atomic E-state index is 6.34. The molecule has 0 aliphatic carbocycles. The van der Waals surface area contributed by atoms with Crippen molar-refractivity contribution in [2.24, 2.45) is 5.73 Å².